The lowest BCUT2D eigenvalue weighted by molar-refractivity contribution is 0.0460. The summed E-state index contributed by atoms with van der Waals surface area (Å²) < 4.78 is 12.4. The van der Waals surface area contributed by atoms with Crippen LogP contribution in [0.5, 0.6) is 0 Å². The maximum absolute atomic E-state index is 13.8. The van der Waals surface area contributed by atoms with Crippen molar-refractivity contribution >= 4 is 17.7 Å². The van der Waals surface area contributed by atoms with E-state index in [1.54, 1.807) is 37.8 Å². The summed E-state index contributed by atoms with van der Waals surface area (Å²) in [5, 5.41) is 0. The maximum atomic E-state index is 13.8. The molecule has 1 atom stereocenters. The zero-order valence-corrected chi connectivity index (χ0v) is 19.8. The fourth-order valence-electron chi connectivity index (χ4n) is 5.00. The largest absolute Gasteiger partial charge is 0.461 e. The number of hydrogen-bond donors (Lipinski definition) is 0. The lowest BCUT2D eigenvalue weighted by atomic mass is 9.91. The summed E-state index contributed by atoms with van der Waals surface area (Å²) in [7, 11) is 0. The predicted molar refractivity (Wildman–Crippen MR) is 121 cm³/mol. The highest BCUT2D eigenvalue weighted by Crippen LogP contribution is 2.30. The van der Waals surface area contributed by atoms with Gasteiger partial charge in [0.25, 0.3) is 5.91 Å². The smallest absolute Gasteiger partial charge is 0.355 e. The van der Waals surface area contributed by atoms with Gasteiger partial charge in [-0.05, 0) is 65.2 Å². The molecule has 0 radical (unpaired) electrons. The van der Waals surface area contributed by atoms with Gasteiger partial charge in [-0.25, -0.2) is 4.79 Å². The molecule has 1 fully saturated rings. The molecular formula is C25H34N2O5. The number of furan rings is 1. The molecule has 1 aliphatic carbocycles. The van der Waals surface area contributed by atoms with Crippen molar-refractivity contribution in [2.45, 2.75) is 85.4 Å². The molecule has 2 aromatic heterocycles. The van der Waals surface area contributed by atoms with E-state index in [0.717, 1.165) is 37.8 Å². The zero-order chi connectivity index (χ0) is 23.4. The Labute approximate surface area is 189 Å². The van der Waals surface area contributed by atoms with Crippen molar-refractivity contribution in [3.8, 4) is 0 Å². The van der Waals surface area contributed by atoms with E-state index < -0.39 is 12.0 Å². The lowest BCUT2D eigenvalue weighted by Gasteiger charge is -2.37. The van der Waals surface area contributed by atoms with E-state index in [9.17, 15) is 14.4 Å². The van der Waals surface area contributed by atoms with Crippen LogP contribution in [0.4, 0.5) is 0 Å². The van der Waals surface area contributed by atoms with Crippen LogP contribution >= 0.6 is 0 Å². The van der Waals surface area contributed by atoms with Crippen LogP contribution in [0.3, 0.4) is 0 Å². The average Bonchev–Trinajstić information content (AvgIpc) is 3.40. The summed E-state index contributed by atoms with van der Waals surface area (Å²) in [6.07, 6.45) is 6.41. The molecule has 0 bridgehead atoms. The number of carbonyl (C=O) groups excluding carboxylic acids is 3. The van der Waals surface area contributed by atoms with Gasteiger partial charge in [0, 0.05) is 23.8 Å². The van der Waals surface area contributed by atoms with Gasteiger partial charge in [0.1, 0.15) is 5.69 Å². The highest BCUT2D eigenvalue weighted by molar-refractivity contribution is 6.07. The summed E-state index contributed by atoms with van der Waals surface area (Å²) in [5.41, 5.74) is 2.23. The van der Waals surface area contributed by atoms with Crippen molar-refractivity contribution in [1.82, 2.24) is 9.47 Å². The van der Waals surface area contributed by atoms with Crippen LogP contribution in [0.1, 0.15) is 95.5 Å². The summed E-state index contributed by atoms with van der Waals surface area (Å²) in [5.74, 6) is -0.624. The molecule has 1 amide bonds. The zero-order valence-electron chi connectivity index (χ0n) is 19.8. The van der Waals surface area contributed by atoms with Crippen molar-refractivity contribution in [2.75, 3.05) is 6.61 Å². The first kappa shape index (κ1) is 23.8. The normalized spacial score (nSPS) is 15.4. The van der Waals surface area contributed by atoms with Crippen LogP contribution in [0.25, 0.3) is 0 Å². The second-order valence-electron chi connectivity index (χ2n) is 8.42. The highest BCUT2D eigenvalue weighted by atomic mass is 16.5. The molecular weight excluding hydrogens is 408 g/mol. The Hall–Kier alpha value is -2.83. The SMILES string of the molecule is CCOC(=O)c1c(C)c(C(=O)C(C)N(C(=O)c2ccco2)C2CCCCC2)c(C)n1CC. The molecule has 3 rings (SSSR count). The van der Waals surface area contributed by atoms with Crippen LogP contribution in [-0.4, -0.2) is 45.8 Å². The van der Waals surface area contributed by atoms with Gasteiger partial charge in [-0.2, -0.15) is 0 Å². The van der Waals surface area contributed by atoms with Gasteiger partial charge in [0.05, 0.1) is 18.9 Å². The van der Waals surface area contributed by atoms with Crippen LogP contribution in [0.15, 0.2) is 22.8 Å². The topological polar surface area (TPSA) is 81.8 Å². The van der Waals surface area contributed by atoms with Gasteiger partial charge < -0.3 is 18.6 Å². The van der Waals surface area contributed by atoms with Crippen molar-refractivity contribution in [1.29, 1.82) is 0 Å². The third-order valence-corrected chi connectivity index (χ3v) is 6.53. The van der Waals surface area contributed by atoms with Gasteiger partial charge in [0.2, 0.25) is 0 Å². The summed E-state index contributed by atoms with van der Waals surface area (Å²) in [6.45, 7) is 9.91. The van der Waals surface area contributed by atoms with Gasteiger partial charge in [0.15, 0.2) is 11.5 Å². The Morgan fingerprint density at radius 3 is 2.44 bits per heavy atom. The molecule has 0 aromatic carbocycles. The maximum Gasteiger partial charge on any atom is 0.355 e. The second-order valence-corrected chi connectivity index (χ2v) is 8.42. The number of aromatic nitrogens is 1. The standard InChI is InChI=1S/C25H34N2O5/c1-6-26-17(4)21(16(3)22(26)25(30)31-7-2)23(28)18(5)27(19-12-9-8-10-13-19)24(29)20-14-11-15-32-20/h11,14-15,18-19H,6-10,12-13H2,1-5H3. The molecule has 2 heterocycles. The van der Waals surface area contributed by atoms with Crippen LogP contribution in [-0.2, 0) is 11.3 Å². The Morgan fingerprint density at radius 1 is 1.19 bits per heavy atom. The number of ether oxygens (including phenoxy) is 1. The van der Waals surface area contributed by atoms with Crippen LogP contribution in [0, 0.1) is 13.8 Å². The first-order valence-electron chi connectivity index (χ1n) is 11.6. The van der Waals surface area contributed by atoms with Gasteiger partial charge in [-0.3, -0.25) is 9.59 Å². The molecule has 0 aliphatic heterocycles. The van der Waals surface area contributed by atoms with Crippen molar-refractivity contribution < 1.29 is 23.5 Å². The van der Waals surface area contributed by atoms with E-state index in [4.69, 9.17) is 9.15 Å². The third-order valence-electron chi connectivity index (χ3n) is 6.53. The minimum atomic E-state index is -0.684. The molecule has 0 N–H and O–H groups in total. The Morgan fingerprint density at radius 2 is 1.88 bits per heavy atom. The summed E-state index contributed by atoms with van der Waals surface area (Å²) in [6, 6.07) is 2.62. The number of esters is 1. The van der Waals surface area contributed by atoms with E-state index in [-0.39, 0.29) is 30.1 Å². The molecule has 1 unspecified atom stereocenters. The number of ketones is 1. The molecule has 0 spiro atoms. The third kappa shape index (κ3) is 4.38. The van der Waals surface area contributed by atoms with Crippen LogP contribution in [0.2, 0.25) is 0 Å². The number of rotatable bonds is 8. The molecule has 32 heavy (non-hydrogen) atoms. The second kappa shape index (κ2) is 10.2. The fraction of sp³-hybridized carbons (Fsp3) is 0.560. The van der Waals surface area contributed by atoms with Gasteiger partial charge in [-0.1, -0.05) is 19.3 Å². The number of nitrogens with zero attached hydrogens (tertiary/aromatic N) is 2. The van der Waals surface area contributed by atoms with Gasteiger partial charge in [-0.15, -0.1) is 0 Å². The quantitative estimate of drug-likeness (QED) is 0.427. The molecule has 2 aromatic rings. The van der Waals surface area contributed by atoms with Crippen LogP contribution < -0.4 is 0 Å². The van der Waals surface area contributed by atoms with E-state index in [2.05, 4.69) is 0 Å². The average molecular weight is 443 g/mol. The first-order valence-corrected chi connectivity index (χ1v) is 11.6. The van der Waals surface area contributed by atoms with E-state index in [0.29, 0.717) is 23.4 Å². The Bertz CT molecular complexity index is 967. The molecule has 7 nitrogen and oxygen atoms in total. The summed E-state index contributed by atoms with van der Waals surface area (Å²) >= 11 is 0. The molecule has 7 heteroatoms. The first-order chi connectivity index (χ1) is 15.3. The molecule has 174 valence electrons. The Kier molecular flexibility index (Phi) is 7.59. The van der Waals surface area contributed by atoms with E-state index in [1.165, 1.54) is 6.26 Å². The van der Waals surface area contributed by atoms with Crippen molar-refractivity contribution in [3.63, 3.8) is 0 Å². The van der Waals surface area contributed by atoms with E-state index >= 15 is 0 Å². The molecule has 1 saturated carbocycles. The van der Waals surface area contributed by atoms with Crippen molar-refractivity contribution in [3.05, 3.63) is 46.7 Å². The fourth-order valence-corrected chi connectivity index (χ4v) is 5.00. The minimum Gasteiger partial charge on any atom is -0.461 e. The minimum absolute atomic E-state index is 0.0151. The summed E-state index contributed by atoms with van der Waals surface area (Å²) in [4.78, 5) is 41.5. The van der Waals surface area contributed by atoms with Gasteiger partial charge >= 0.3 is 5.97 Å². The highest BCUT2D eigenvalue weighted by Gasteiger charge is 2.37. The number of carbonyl (C=O) groups is 3. The number of hydrogen-bond acceptors (Lipinski definition) is 5. The monoisotopic (exact) mass is 442 g/mol. The number of Topliss-reactive ketones (excluding diaryl/α,β-unsaturated/α-hetero) is 1. The lowest BCUT2D eigenvalue weighted by Crippen LogP contribution is -2.50. The molecule has 0 saturated heterocycles. The molecule has 1 aliphatic rings. The predicted octanol–water partition coefficient (Wildman–Crippen LogP) is 4.94. The number of amides is 1. The Balaban J connectivity index is 2.02. The van der Waals surface area contributed by atoms with Crippen molar-refractivity contribution in [2.24, 2.45) is 0 Å². The van der Waals surface area contributed by atoms with E-state index in [1.807, 2.05) is 18.4 Å².